The molecule has 2 N–H and O–H groups in total. The van der Waals surface area contributed by atoms with E-state index in [-0.39, 0.29) is 11.4 Å². The predicted octanol–water partition coefficient (Wildman–Crippen LogP) is 7.57. The summed E-state index contributed by atoms with van der Waals surface area (Å²) >= 11 is 20.1. The molecule has 3 aromatic carbocycles. The number of amides is 1. The number of rotatable bonds is 6. The molecule has 1 atom stereocenters. The Morgan fingerprint density at radius 2 is 1.83 bits per heavy atom. The molecule has 9 heteroatoms. The molecule has 0 saturated carbocycles. The monoisotopic (exact) mass is 557 g/mol. The van der Waals surface area contributed by atoms with Gasteiger partial charge in [-0.15, -0.1) is 0 Å². The molecule has 0 aliphatic carbocycles. The number of para-hydroxylation sites is 1. The van der Waals surface area contributed by atoms with Gasteiger partial charge < -0.3 is 19.9 Å². The fourth-order valence-corrected chi connectivity index (χ4v) is 5.89. The molecule has 1 amide bonds. The highest BCUT2D eigenvalue weighted by atomic mass is 35.5. The maximum atomic E-state index is 12.9. The van der Waals surface area contributed by atoms with Crippen LogP contribution >= 0.6 is 46.6 Å². The van der Waals surface area contributed by atoms with Crippen LogP contribution in [-0.4, -0.2) is 23.1 Å². The van der Waals surface area contributed by atoms with Crippen molar-refractivity contribution in [2.45, 2.75) is 19.0 Å². The Balaban J connectivity index is 1.47. The zero-order valence-electron chi connectivity index (χ0n) is 19.4. The largest absolute Gasteiger partial charge is 0.495 e. The minimum Gasteiger partial charge on any atom is -0.495 e. The average Bonchev–Trinajstić information content (AvgIpc) is 3.32. The summed E-state index contributed by atoms with van der Waals surface area (Å²) in [7, 11) is 1.59. The zero-order valence-corrected chi connectivity index (χ0v) is 22.5. The van der Waals surface area contributed by atoms with Gasteiger partial charge in [0.05, 0.1) is 17.7 Å². The quantitative estimate of drug-likeness (QED) is 0.240. The van der Waals surface area contributed by atoms with Crippen molar-refractivity contribution in [2.24, 2.45) is 0 Å². The summed E-state index contributed by atoms with van der Waals surface area (Å²) in [6.45, 7) is 2.64. The van der Waals surface area contributed by atoms with Gasteiger partial charge in [-0.3, -0.25) is 4.79 Å². The maximum Gasteiger partial charge on any atom is 0.260 e. The molecule has 1 saturated heterocycles. The molecular formula is C27H22Cl3N3O2S. The summed E-state index contributed by atoms with van der Waals surface area (Å²) in [4.78, 5) is 13.5. The van der Waals surface area contributed by atoms with Crippen LogP contribution in [0.1, 0.15) is 16.8 Å². The van der Waals surface area contributed by atoms with E-state index in [1.54, 1.807) is 31.4 Å². The zero-order chi connectivity index (χ0) is 25.4. The predicted molar refractivity (Wildman–Crippen MR) is 151 cm³/mol. The van der Waals surface area contributed by atoms with Gasteiger partial charge in [-0.25, -0.2) is 0 Å². The van der Waals surface area contributed by atoms with E-state index in [0.29, 0.717) is 38.0 Å². The number of benzene rings is 3. The summed E-state index contributed by atoms with van der Waals surface area (Å²) < 4.78 is 7.62. The summed E-state index contributed by atoms with van der Waals surface area (Å²) in [5.74, 6) is 0.502. The molecule has 1 aliphatic rings. The van der Waals surface area contributed by atoms with Crippen molar-refractivity contribution in [3.63, 3.8) is 0 Å². The maximum absolute atomic E-state index is 12.9. The Kier molecular flexibility index (Phi) is 7.13. The number of hydrogen-bond acceptors (Lipinski definition) is 4. The first kappa shape index (κ1) is 24.9. The second-order valence-corrected chi connectivity index (χ2v) is 10.7. The number of ether oxygens (including phenoxy) is 1. The highest BCUT2D eigenvalue weighted by Gasteiger charge is 2.29. The number of thioether (sulfide) groups is 1. The number of carbonyl (C=O) groups excluding carboxylic acids is 1. The Morgan fingerprint density at radius 1 is 1.08 bits per heavy atom. The number of hydrogen-bond donors (Lipinski definition) is 2. The molecule has 36 heavy (non-hydrogen) atoms. The molecule has 2 heterocycles. The molecule has 1 aliphatic heterocycles. The van der Waals surface area contributed by atoms with E-state index in [9.17, 15) is 4.79 Å². The standard InChI is InChI=1S/C27H22Cl3N3O2S/c1-15-20(13-25-26(34)32-27(36-25)31-22-12-18(29)9-10-24(22)35-2)19-5-3-4-6-23(19)33(15)14-16-7-8-17(28)11-21(16)30/h3-13,27,31H,14H2,1-2H3,(H,32,34)/b25-13-. The first-order valence-electron chi connectivity index (χ1n) is 11.1. The molecule has 1 fully saturated rings. The lowest BCUT2D eigenvalue weighted by Gasteiger charge is -2.15. The highest BCUT2D eigenvalue weighted by Crippen LogP contribution is 2.37. The Hall–Kier alpha value is -2.77. The van der Waals surface area contributed by atoms with E-state index in [1.165, 1.54) is 11.8 Å². The highest BCUT2D eigenvalue weighted by molar-refractivity contribution is 8.05. The molecule has 5 nitrogen and oxygen atoms in total. The lowest BCUT2D eigenvalue weighted by molar-refractivity contribution is -0.116. The van der Waals surface area contributed by atoms with E-state index in [0.717, 1.165) is 27.7 Å². The SMILES string of the molecule is COc1ccc(Cl)cc1NC1NC(=O)/C(=C/c2c(C)n(Cc3ccc(Cl)cc3Cl)c3ccccc23)S1. The van der Waals surface area contributed by atoms with Crippen LogP contribution in [0.2, 0.25) is 15.1 Å². The topological polar surface area (TPSA) is 55.3 Å². The van der Waals surface area contributed by atoms with Crippen molar-refractivity contribution >= 4 is 75.1 Å². The number of aromatic nitrogens is 1. The number of carbonyl (C=O) groups is 1. The minimum absolute atomic E-state index is 0.143. The summed E-state index contributed by atoms with van der Waals surface area (Å²) in [6, 6.07) is 19.0. The molecule has 1 aromatic heterocycles. The molecule has 1 unspecified atom stereocenters. The van der Waals surface area contributed by atoms with Crippen LogP contribution in [0.5, 0.6) is 5.75 Å². The van der Waals surface area contributed by atoms with E-state index in [1.807, 2.05) is 30.3 Å². The number of methoxy groups -OCH3 is 1. The number of nitrogens with zero attached hydrogens (tertiary/aromatic N) is 1. The second kappa shape index (κ2) is 10.3. The molecule has 0 spiro atoms. The van der Waals surface area contributed by atoms with E-state index >= 15 is 0 Å². The van der Waals surface area contributed by atoms with Crippen LogP contribution in [0.25, 0.3) is 17.0 Å². The van der Waals surface area contributed by atoms with Gasteiger partial charge in [0, 0.05) is 43.8 Å². The summed E-state index contributed by atoms with van der Waals surface area (Å²) in [5, 5.41) is 9.14. The van der Waals surface area contributed by atoms with Gasteiger partial charge in [0.1, 0.15) is 5.75 Å². The van der Waals surface area contributed by atoms with Gasteiger partial charge in [-0.05, 0) is 55.0 Å². The van der Waals surface area contributed by atoms with Crippen molar-refractivity contribution in [1.82, 2.24) is 9.88 Å². The van der Waals surface area contributed by atoms with Crippen LogP contribution in [0.4, 0.5) is 5.69 Å². The first-order chi connectivity index (χ1) is 17.3. The van der Waals surface area contributed by atoms with Gasteiger partial charge >= 0.3 is 0 Å². The van der Waals surface area contributed by atoms with Crippen LogP contribution in [0.3, 0.4) is 0 Å². The Bertz CT molecular complexity index is 1520. The molecule has 4 aromatic rings. The lowest BCUT2D eigenvalue weighted by Crippen LogP contribution is -2.31. The van der Waals surface area contributed by atoms with Gasteiger partial charge in [0.25, 0.3) is 5.91 Å². The molecular weight excluding hydrogens is 537 g/mol. The third kappa shape index (κ3) is 4.91. The minimum atomic E-state index is -0.363. The lowest BCUT2D eigenvalue weighted by atomic mass is 10.1. The van der Waals surface area contributed by atoms with Crippen LogP contribution in [0.15, 0.2) is 65.6 Å². The number of halogens is 3. The van der Waals surface area contributed by atoms with Gasteiger partial charge in [0.2, 0.25) is 0 Å². The van der Waals surface area contributed by atoms with Gasteiger partial charge in [-0.1, -0.05) is 70.8 Å². The van der Waals surface area contributed by atoms with Crippen LogP contribution in [-0.2, 0) is 11.3 Å². The van der Waals surface area contributed by atoms with Crippen molar-refractivity contribution in [3.8, 4) is 5.75 Å². The van der Waals surface area contributed by atoms with E-state index in [2.05, 4.69) is 34.3 Å². The van der Waals surface area contributed by atoms with Crippen molar-refractivity contribution < 1.29 is 9.53 Å². The van der Waals surface area contributed by atoms with Crippen LogP contribution in [0, 0.1) is 6.92 Å². The average molecular weight is 559 g/mol. The Labute approximate surface area is 228 Å². The molecule has 5 rings (SSSR count). The normalized spacial score (nSPS) is 16.5. The number of nitrogens with one attached hydrogen (secondary N) is 2. The Morgan fingerprint density at radius 3 is 2.61 bits per heavy atom. The van der Waals surface area contributed by atoms with Gasteiger partial charge in [-0.2, -0.15) is 0 Å². The fourth-order valence-electron chi connectivity index (χ4n) is 4.29. The van der Waals surface area contributed by atoms with Crippen molar-refractivity contribution in [2.75, 3.05) is 12.4 Å². The third-order valence-electron chi connectivity index (χ3n) is 6.08. The number of fused-ring (bicyclic) bond motifs is 1. The first-order valence-corrected chi connectivity index (χ1v) is 13.2. The van der Waals surface area contributed by atoms with Crippen LogP contribution < -0.4 is 15.4 Å². The fraction of sp³-hybridized carbons (Fsp3) is 0.148. The molecule has 0 bridgehead atoms. The molecule has 184 valence electrons. The van der Waals surface area contributed by atoms with Gasteiger partial charge in [0.15, 0.2) is 5.50 Å². The molecule has 0 radical (unpaired) electrons. The summed E-state index contributed by atoms with van der Waals surface area (Å²) in [6.07, 6.45) is 1.95. The number of anilines is 1. The second-order valence-electron chi connectivity index (χ2n) is 8.31. The van der Waals surface area contributed by atoms with Crippen molar-refractivity contribution in [3.05, 3.63) is 97.5 Å². The van der Waals surface area contributed by atoms with E-state index < -0.39 is 0 Å². The third-order valence-corrected chi connectivity index (χ3v) is 7.93. The summed E-state index contributed by atoms with van der Waals surface area (Å²) in [5.41, 5.74) is 4.41. The van der Waals surface area contributed by atoms with E-state index in [4.69, 9.17) is 39.5 Å². The van der Waals surface area contributed by atoms with Crippen molar-refractivity contribution in [1.29, 1.82) is 0 Å². The smallest absolute Gasteiger partial charge is 0.260 e.